The number of benzene rings is 5. The molecule has 1 saturated heterocycles. The van der Waals surface area contributed by atoms with Gasteiger partial charge >= 0.3 is 11.7 Å². The fraction of sp³-hybridized carbons (Fsp3) is 0.404. The normalized spacial score (nSPS) is 15.3. The number of alkyl halides is 6. The molecule has 0 saturated carbocycles. The number of amides is 1. The molecule has 396 valence electrons. The second-order valence-corrected chi connectivity index (χ2v) is 29.2. The van der Waals surface area contributed by atoms with Crippen molar-refractivity contribution in [2.24, 2.45) is 5.92 Å². The number of anilines is 2. The van der Waals surface area contributed by atoms with Gasteiger partial charge < -0.3 is 24.6 Å². The van der Waals surface area contributed by atoms with Gasteiger partial charge in [0.15, 0.2) is 8.32 Å². The number of carbonyl (C=O) groups excluding carboxylic acids is 1. The van der Waals surface area contributed by atoms with Crippen LogP contribution in [0.5, 0.6) is 0 Å². The van der Waals surface area contributed by atoms with E-state index in [0.29, 0.717) is 86.2 Å². The molecular formula is C52H62F6N4O7S3Si. The standard InChI is InChI=1S/C52H62F6N4O7S3Si/c1-50(2,3)73(5,6)69-33-32-61(4)29-28-40(35-70-42-12-8-7-9-13-42)59-46-25-24-43(34-47(46)71(65,66)52(56,57)58)72(67,68)60-49(64)38-18-22-41(23-19-38)62-30-26-37(27-31-62)48(63)45-15-11-10-14-44(45)36-16-20-39(21-17-36)51(53,54)55/h7-25,34,37,40,48,59,63H,26-33,35H2,1-6H3,(H,60,64)/t40-,48+/m1/s1. The first-order valence-corrected chi connectivity index (χ1v) is 30.5. The van der Waals surface area contributed by atoms with Crippen LogP contribution in [-0.2, 0) is 30.5 Å². The number of thioether (sulfide) groups is 1. The molecule has 3 N–H and O–H groups in total. The van der Waals surface area contributed by atoms with Gasteiger partial charge in [-0.1, -0.05) is 75.4 Å². The minimum Gasteiger partial charge on any atom is -0.416 e. The van der Waals surface area contributed by atoms with Crippen LogP contribution in [0.25, 0.3) is 11.1 Å². The molecule has 5 aromatic carbocycles. The maximum Gasteiger partial charge on any atom is 0.501 e. The highest BCUT2D eigenvalue weighted by Gasteiger charge is 2.48. The van der Waals surface area contributed by atoms with Crippen LogP contribution in [0.2, 0.25) is 18.1 Å². The van der Waals surface area contributed by atoms with Crippen molar-refractivity contribution in [3.8, 4) is 11.1 Å². The van der Waals surface area contributed by atoms with E-state index in [9.17, 15) is 53.1 Å². The summed E-state index contributed by atoms with van der Waals surface area (Å²) in [7, 11) is -11.2. The second-order valence-electron chi connectivity index (χ2n) is 19.7. The zero-order chi connectivity index (χ0) is 53.6. The third-order valence-electron chi connectivity index (χ3n) is 13.5. The van der Waals surface area contributed by atoms with Crippen LogP contribution in [0, 0.1) is 5.92 Å². The molecule has 1 aliphatic heterocycles. The number of nitrogens with one attached hydrogen (secondary N) is 2. The van der Waals surface area contributed by atoms with Crippen molar-refractivity contribution < 1.29 is 57.5 Å². The van der Waals surface area contributed by atoms with Gasteiger partial charge in [0.1, 0.15) is 4.90 Å². The SMILES string of the molecule is CN(CCO[Si](C)(C)C(C)(C)C)CC[C@H](CSc1ccccc1)Nc1ccc(S(=O)(=O)NC(=O)c2ccc(N3CCC([C@H](O)c4ccccc4-c4ccc(C(F)(F)F)cc4)CC3)cc2)cc1S(=O)(=O)C(F)(F)F. The fourth-order valence-electron chi connectivity index (χ4n) is 8.08. The number of piperidine rings is 1. The first-order valence-electron chi connectivity index (χ1n) is 23.7. The van der Waals surface area contributed by atoms with E-state index < -0.39 is 79.0 Å². The summed E-state index contributed by atoms with van der Waals surface area (Å²) in [4.78, 5) is 16.1. The third-order valence-corrected chi connectivity index (χ3v) is 22.1. The molecule has 0 spiro atoms. The number of halogens is 6. The van der Waals surface area contributed by atoms with E-state index in [1.54, 1.807) is 36.4 Å². The monoisotopic (exact) mass is 1090 g/mol. The van der Waals surface area contributed by atoms with Crippen molar-refractivity contribution in [2.75, 3.05) is 55.8 Å². The van der Waals surface area contributed by atoms with E-state index in [1.807, 2.05) is 51.9 Å². The molecular weight excluding hydrogens is 1030 g/mol. The predicted octanol–water partition coefficient (Wildman–Crippen LogP) is 11.7. The summed E-state index contributed by atoms with van der Waals surface area (Å²) in [6.07, 6.45) is -3.94. The molecule has 6 rings (SSSR count). The fourth-order valence-corrected chi connectivity index (χ4v) is 12.1. The summed E-state index contributed by atoms with van der Waals surface area (Å²) in [5, 5.41) is 14.5. The smallest absolute Gasteiger partial charge is 0.416 e. The Balaban J connectivity index is 1.12. The summed E-state index contributed by atoms with van der Waals surface area (Å²) in [6.45, 7) is 13.2. The van der Waals surface area contributed by atoms with E-state index in [1.165, 1.54) is 36.0 Å². The lowest BCUT2D eigenvalue weighted by Gasteiger charge is -2.36. The molecule has 0 unspecified atom stereocenters. The van der Waals surface area contributed by atoms with Gasteiger partial charge in [-0.2, -0.15) is 26.3 Å². The number of sulfone groups is 1. The first-order chi connectivity index (χ1) is 34.1. The topological polar surface area (TPSA) is 145 Å². The lowest BCUT2D eigenvalue weighted by molar-refractivity contribution is -0.137. The minimum absolute atomic E-state index is 0.0120. The number of hydrogen-bond acceptors (Lipinski definition) is 11. The van der Waals surface area contributed by atoms with Gasteiger partial charge in [-0.05, 0) is 140 Å². The van der Waals surface area contributed by atoms with Crippen LogP contribution in [0.15, 0.2) is 136 Å². The van der Waals surface area contributed by atoms with Crippen molar-refractivity contribution in [2.45, 2.75) is 96.7 Å². The summed E-state index contributed by atoms with van der Waals surface area (Å²) in [6, 6.07) is 28.7. The number of hydrogen-bond donors (Lipinski definition) is 3. The Bertz CT molecular complexity index is 2880. The molecule has 1 heterocycles. The van der Waals surface area contributed by atoms with Crippen molar-refractivity contribution in [3.05, 3.63) is 138 Å². The molecule has 0 radical (unpaired) electrons. The van der Waals surface area contributed by atoms with Crippen LogP contribution in [0.4, 0.5) is 37.7 Å². The lowest BCUT2D eigenvalue weighted by atomic mass is 9.84. The minimum atomic E-state index is -6.13. The zero-order valence-electron chi connectivity index (χ0n) is 41.4. The molecule has 21 heteroatoms. The van der Waals surface area contributed by atoms with Crippen LogP contribution >= 0.6 is 11.8 Å². The average molecular weight is 1090 g/mol. The Hall–Kier alpha value is -4.90. The number of aliphatic hydroxyl groups is 1. The van der Waals surface area contributed by atoms with Gasteiger partial charge in [-0.25, -0.2) is 21.6 Å². The Morgan fingerprint density at radius 3 is 2.05 bits per heavy atom. The van der Waals surface area contributed by atoms with Crippen molar-refractivity contribution in [3.63, 3.8) is 0 Å². The number of likely N-dealkylation sites (N-methyl/N-ethyl adjacent to an activating group) is 1. The molecule has 11 nitrogen and oxygen atoms in total. The molecule has 1 fully saturated rings. The van der Waals surface area contributed by atoms with E-state index >= 15 is 0 Å². The Labute approximate surface area is 429 Å². The molecule has 73 heavy (non-hydrogen) atoms. The van der Waals surface area contributed by atoms with E-state index in [-0.39, 0.29) is 16.5 Å². The molecule has 0 aliphatic carbocycles. The predicted molar refractivity (Wildman–Crippen MR) is 277 cm³/mol. The average Bonchev–Trinajstić information content (AvgIpc) is 3.34. The summed E-state index contributed by atoms with van der Waals surface area (Å²) in [5.41, 5.74) is -4.70. The number of nitrogens with zero attached hydrogens (tertiary/aromatic N) is 2. The quantitative estimate of drug-likeness (QED) is 0.0389. The number of carbonyl (C=O) groups is 1. The van der Waals surface area contributed by atoms with E-state index in [2.05, 4.69) is 39.2 Å². The number of sulfonamides is 1. The lowest BCUT2D eigenvalue weighted by Crippen LogP contribution is -2.42. The zero-order valence-corrected chi connectivity index (χ0v) is 44.9. The Morgan fingerprint density at radius 2 is 1.45 bits per heavy atom. The highest BCUT2D eigenvalue weighted by molar-refractivity contribution is 7.99. The molecule has 1 amide bonds. The van der Waals surface area contributed by atoms with E-state index in [4.69, 9.17) is 4.43 Å². The summed E-state index contributed by atoms with van der Waals surface area (Å²) in [5.74, 6) is -0.986. The molecule has 2 atom stereocenters. The van der Waals surface area contributed by atoms with Crippen LogP contribution in [-0.4, -0.2) is 98.2 Å². The van der Waals surface area contributed by atoms with Gasteiger partial charge in [-0.3, -0.25) is 4.79 Å². The number of rotatable bonds is 20. The van der Waals surface area contributed by atoms with Crippen molar-refractivity contribution in [1.29, 1.82) is 0 Å². The first kappa shape index (κ1) is 57.4. The molecule has 0 bridgehead atoms. The van der Waals surface area contributed by atoms with Gasteiger partial charge in [0, 0.05) is 54.2 Å². The Kier molecular flexibility index (Phi) is 18.3. The molecule has 0 aromatic heterocycles. The maximum absolute atomic E-state index is 14.3. The van der Waals surface area contributed by atoms with Crippen LogP contribution in [0.3, 0.4) is 0 Å². The highest BCUT2D eigenvalue weighted by atomic mass is 32.2. The van der Waals surface area contributed by atoms with E-state index in [0.717, 1.165) is 29.2 Å². The highest BCUT2D eigenvalue weighted by Crippen LogP contribution is 2.40. The van der Waals surface area contributed by atoms with Crippen LogP contribution < -0.4 is 14.9 Å². The van der Waals surface area contributed by atoms with Crippen molar-refractivity contribution >= 4 is 57.2 Å². The maximum atomic E-state index is 14.3. The van der Waals surface area contributed by atoms with Crippen molar-refractivity contribution in [1.82, 2.24) is 9.62 Å². The van der Waals surface area contributed by atoms with Gasteiger partial charge in [-0.15, -0.1) is 11.8 Å². The van der Waals surface area contributed by atoms with Gasteiger partial charge in [0.25, 0.3) is 25.8 Å². The molecule has 5 aromatic rings. The number of aliphatic hydroxyl groups excluding tert-OH is 1. The third kappa shape index (κ3) is 14.7. The summed E-state index contributed by atoms with van der Waals surface area (Å²) >= 11 is 1.41. The van der Waals surface area contributed by atoms with Gasteiger partial charge in [0.2, 0.25) is 0 Å². The summed E-state index contributed by atoms with van der Waals surface area (Å²) < 4.78 is 144. The largest absolute Gasteiger partial charge is 0.501 e. The van der Waals surface area contributed by atoms with Crippen LogP contribution in [0.1, 0.15) is 67.6 Å². The van der Waals surface area contributed by atoms with Gasteiger partial charge in [0.05, 0.1) is 22.3 Å². The Morgan fingerprint density at radius 1 is 0.836 bits per heavy atom. The second kappa shape index (κ2) is 23.3. The molecule has 1 aliphatic rings.